The number of aryl methyl sites for hydroxylation is 1. The van der Waals surface area contributed by atoms with Crippen LogP contribution < -0.4 is 4.90 Å². The van der Waals surface area contributed by atoms with Gasteiger partial charge in [-0.25, -0.2) is 0 Å². The summed E-state index contributed by atoms with van der Waals surface area (Å²) in [7, 11) is 0. The first-order valence-corrected chi connectivity index (χ1v) is 8.87. The molecule has 1 aliphatic heterocycles. The first-order chi connectivity index (χ1) is 11.3. The number of nitrogens with zero attached hydrogens (tertiary/aromatic N) is 2. The van der Waals surface area contributed by atoms with Gasteiger partial charge < -0.3 is 10.0 Å². The molecule has 24 heavy (non-hydrogen) atoms. The van der Waals surface area contributed by atoms with Crippen molar-refractivity contribution in [2.45, 2.75) is 71.3 Å². The van der Waals surface area contributed by atoms with E-state index in [1.807, 2.05) is 0 Å². The standard InChI is InChI=1S/C20H30N2O2/c1-14-11-18-16(12-17(14)21-5)15(2)13-20(3,4)22(18)10-8-6-7-9-19(23)24/h11-12,15H,5-10,13H2,1-4H3,(H,23,24). The third-order valence-corrected chi connectivity index (χ3v) is 5.15. The molecule has 1 N–H and O–H groups in total. The zero-order valence-corrected chi connectivity index (χ0v) is 15.4. The van der Waals surface area contributed by atoms with Crippen LogP contribution in [-0.2, 0) is 4.79 Å². The highest BCUT2D eigenvalue weighted by atomic mass is 16.4. The molecule has 2 rings (SSSR count). The minimum absolute atomic E-state index is 0.106. The number of carboxylic acids is 1. The van der Waals surface area contributed by atoms with Crippen molar-refractivity contribution in [3.05, 3.63) is 23.3 Å². The molecule has 0 bridgehead atoms. The highest BCUT2D eigenvalue weighted by Gasteiger charge is 2.36. The van der Waals surface area contributed by atoms with Gasteiger partial charge >= 0.3 is 5.97 Å². The molecule has 1 atom stereocenters. The van der Waals surface area contributed by atoms with E-state index in [1.165, 1.54) is 11.3 Å². The van der Waals surface area contributed by atoms with E-state index in [0.29, 0.717) is 5.92 Å². The lowest BCUT2D eigenvalue weighted by Crippen LogP contribution is -2.48. The monoisotopic (exact) mass is 330 g/mol. The van der Waals surface area contributed by atoms with Gasteiger partial charge in [-0.3, -0.25) is 9.79 Å². The number of benzene rings is 1. The largest absolute Gasteiger partial charge is 0.481 e. The molecular weight excluding hydrogens is 300 g/mol. The number of hydrogen-bond donors (Lipinski definition) is 1. The molecule has 4 heteroatoms. The topological polar surface area (TPSA) is 52.9 Å². The summed E-state index contributed by atoms with van der Waals surface area (Å²) in [6.45, 7) is 13.6. The van der Waals surface area contributed by atoms with Crippen LogP contribution in [0.3, 0.4) is 0 Å². The summed E-state index contributed by atoms with van der Waals surface area (Å²) in [5.41, 5.74) is 4.90. The highest BCUT2D eigenvalue weighted by molar-refractivity contribution is 5.68. The lowest BCUT2D eigenvalue weighted by molar-refractivity contribution is -0.137. The van der Waals surface area contributed by atoms with Crippen molar-refractivity contribution < 1.29 is 9.90 Å². The summed E-state index contributed by atoms with van der Waals surface area (Å²) in [4.78, 5) is 17.3. The summed E-state index contributed by atoms with van der Waals surface area (Å²) in [6.07, 6.45) is 4.10. The van der Waals surface area contributed by atoms with Crippen LogP contribution in [0, 0.1) is 6.92 Å². The van der Waals surface area contributed by atoms with E-state index in [-0.39, 0.29) is 12.0 Å². The molecule has 0 saturated heterocycles. The van der Waals surface area contributed by atoms with Gasteiger partial charge in [-0.05, 0) is 75.9 Å². The van der Waals surface area contributed by atoms with Gasteiger partial charge in [-0.1, -0.05) is 13.3 Å². The Labute approximate surface area is 145 Å². The van der Waals surface area contributed by atoms with E-state index in [2.05, 4.69) is 56.4 Å². The number of aliphatic carboxylic acids is 1. The summed E-state index contributed by atoms with van der Waals surface area (Å²) in [5.74, 6) is -0.202. The van der Waals surface area contributed by atoms with Crippen molar-refractivity contribution in [2.75, 3.05) is 11.4 Å². The normalized spacial score (nSPS) is 19.0. The molecule has 1 aromatic rings. The molecule has 132 valence electrons. The Balaban J connectivity index is 2.20. The van der Waals surface area contributed by atoms with Crippen LogP contribution in [0.4, 0.5) is 11.4 Å². The van der Waals surface area contributed by atoms with Gasteiger partial charge in [0.25, 0.3) is 0 Å². The predicted octanol–water partition coefficient (Wildman–Crippen LogP) is 5.06. The second-order valence-electron chi connectivity index (χ2n) is 7.63. The number of unbranched alkanes of at least 4 members (excludes halogenated alkanes) is 2. The van der Waals surface area contributed by atoms with Crippen LogP contribution >= 0.6 is 0 Å². The van der Waals surface area contributed by atoms with E-state index in [1.54, 1.807) is 0 Å². The van der Waals surface area contributed by atoms with Crippen molar-refractivity contribution >= 4 is 24.1 Å². The minimum Gasteiger partial charge on any atom is -0.481 e. The average molecular weight is 330 g/mol. The Morgan fingerprint density at radius 1 is 1.38 bits per heavy atom. The predicted molar refractivity (Wildman–Crippen MR) is 101 cm³/mol. The smallest absolute Gasteiger partial charge is 0.303 e. The van der Waals surface area contributed by atoms with Gasteiger partial charge in [-0.2, -0.15) is 0 Å². The van der Waals surface area contributed by atoms with E-state index in [0.717, 1.165) is 43.5 Å². The molecule has 1 unspecified atom stereocenters. The molecule has 1 aliphatic rings. The van der Waals surface area contributed by atoms with Crippen LogP contribution in [-0.4, -0.2) is 29.9 Å². The van der Waals surface area contributed by atoms with Gasteiger partial charge in [-0.15, -0.1) is 0 Å². The highest BCUT2D eigenvalue weighted by Crippen LogP contribution is 2.45. The molecule has 0 aliphatic carbocycles. The number of aliphatic imine (C=N–C) groups is 1. The molecule has 0 fully saturated rings. The van der Waals surface area contributed by atoms with Crippen molar-refractivity contribution in [1.82, 2.24) is 0 Å². The Bertz CT molecular complexity index is 622. The number of fused-ring (bicyclic) bond motifs is 1. The number of hydrogen-bond acceptors (Lipinski definition) is 3. The molecule has 0 aromatic heterocycles. The Morgan fingerprint density at radius 3 is 2.71 bits per heavy atom. The molecular formula is C20H30N2O2. The van der Waals surface area contributed by atoms with Gasteiger partial charge in [0, 0.05) is 24.2 Å². The summed E-state index contributed by atoms with van der Waals surface area (Å²) in [6, 6.07) is 4.43. The quantitative estimate of drug-likeness (QED) is 0.561. The third kappa shape index (κ3) is 3.97. The zero-order chi connectivity index (χ0) is 17.9. The maximum absolute atomic E-state index is 10.6. The Kier molecular flexibility index (Phi) is 5.68. The zero-order valence-electron chi connectivity index (χ0n) is 15.4. The van der Waals surface area contributed by atoms with Crippen molar-refractivity contribution in [1.29, 1.82) is 0 Å². The van der Waals surface area contributed by atoms with Crippen molar-refractivity contribution in [2.24, 2.45) is 4.99 Å². The van der Waals surface area contributed by atoms with Crippen LogP contribution in [0.25, 0.3) is 0 Å². The molecule has 0 spiro atoms. The Hall–Kier alpha value is -1.84. The first kappa shape index (κ1) is 18.5. The molecule has 1 heterocycles. The number of carboxylic acid groups (broad SMARTS) is 1. The Morgan fingerprint density at radius 2 is 2.08 bits per heavy atom. The molecule has 1 aromatic carbocycles. The average Bonchev–Trinajstić information content (AvgIpc) is 2.48. The van der Waals surface area contributed by atoms with Gasteiger partial charge in [0.15, 0.2) is 0 Å². The maximum Gasteiger partial charge on any atom is 0.303 e. The lowest BCUT2D eigenvalue weighted by atomic mass is 9.79. The first-order valence-electron chi connectivity index (χ1n) is 8.87. The van der Waals surface area contributed by atoms with Crippen molar-refractivity contribution in [3.8, 4) is 0 Å². The third-order valence-electron chi connectivity index (χ3n) is 5.15. The van der Waals surface area contributed by atoms with Crippen LogP contribution in [0.1, 0.15) is 69.9 Å². The van der Waals surface area contributed by atoms with E-state index < -0.39 is 5.97 Å². The van der Waals surface area contributed by atoms with E-state index in [9.17, 15) is 4.79 Å². The van der Waals surface area contributed by atoms with E-state index in [4.69, 9.17) is 5.11 Å². The van der Waals surface area contributed by atoms with Crippen LogP contribution in [0.2, 0.25) is 0 Å². The molecule has 0 amide bonds. The SMILES string of the molecule is C=Nc1cc2c(cc1C)N(CCCCCC(=O)O)C(C)(C)CC2C. The summed E-state index contributed by atoms with van der Waals surface area (Å²) < 4.78 is 0. The minimum atomic E-state index is -0.701. The second-order valence-corrected chi connectivity index (χ2v) is 7.63. The van der Waals surface area contributed by atoms with Gasteiger partial charge in [0.05, 0.1) is 5.69 Å². The summed E-state index contributed by atoms with van der Waals surface area (Å²) in [5, 5.41) is 8.76. The van der Waals surface area contributed by atoms with Crippen LogP contribution in [0.15, 0.2) is 17.1 Å². The van der Waals surface area contributed by atoms with E-state index >= 15 is 0 Å². The number of anilines is 1. The molecule has 0 saturated carbocycles. The number of carbonyl (C=O) groups is 1. The molecule has 0 radical (unpaired) electrons. The maximum atomic E-state index is 10.6. The fourth-order valence-electron chi connectivity index (χ4n) is 3.94. The van der Waals surface area contributed by atoms with Gasteiger partial charge in [0.1, 0.15) is 0 Å². The summed E-state index contributed by atoms with van der Waals surface area (Å²) >= 11 is 0. The molecule has 4 nitrogen and oxygen atoms in total. The fraction of sp³-hybridized carbons (Fsp3) is 0.600. The fourth-order valence-corrected chi connectivity index (χ4v) is 3.94. The lowest BCUT2D eigenvalue weighted by Gasteiger charge is -2.48. The van der Waals surface area contributed by atoms with Gasteiger partial charge in [0.2, 0.25) is 0 Å². The van der Waals surface area contributed by atoms with Crippen molar-refractivity contribution in [3.63, 3.8) is 0 Å². The number of rotatable bonds is 7. The van der Waals surface area contributed by atoms with Crippen LogP contribution in [0.5, 0.6) is 0 Å². The second kappa shape index (κ2) is 7.37.